The van der Waals surface area contributed by atoms with Gasteiger partial charge in [0.15, 0.2) is 11.6 Å². The molecule has 0 amide bonds. The van der Waals surface area contributed by atoms with Crippen molar-refractivity contribution in [1.82, 2.24) is 5.32 Å². The Bertz CT molecular complexity index is 389. The molecule has 0 unspecified atom stereocenters. The van der Waals surface area contributed by atoms with Crippen LogP contribution in [0.3, 0.4) is 0 Å². The Morgan fingerprint density at radius 1 is 1.22 bits per heavy atom. The van der Waals surface area contributed by atoms with Crippen LogP contribution in [0.15, 0.2) is 18.2 Å². The van der Waals surface area contributed by atoms with Gasteiger partial charge in [0.05, 0.1) is 12.7 Å². The second-order valence-corrected chi connectivity index (χ2v) is 4.79. The topological polar surface area (TPSA) is 21.3 Å². The van der Waals surface area contributed by atoms with Crippen LogP contribution in [0.5, 0.6) is 0 Å². The monoisotopic (exact) mass is 255 g/mol. The fraction of sp³-hybridized carbons (Fsp3) is 0.571. The lowest BCUT2D eigenvalue weighted by Gasteiger charge is -2.28. The highest BCUT2D eigenvalue weighted by Gasteiger charge is 2.20. The van der Waals surface area contributed by atoms with Crippen molar-refractivity contribution in [2.24, 2.45) is 0 Å². The van der Waals surface area contributed by atoms with Gasteiger partial charge in [0, 0.05) is 11.6 Å². The van der Waals surface area contributed by atoms with Crippen LogP contribution in [0.4, 0.5) is 8.78 Å². The quantitative estimate of drug-likeness (QED) is 0.893. The Morgan fingerprint density at radius 2 is 1.94 bits per heavy atom. The largest absolute Gasteiger partial charge is 0.373 e. The first-order valence-corrected chi connectivity index (χ1v) is 6.42. The van der Waals surface area contributed by atoms with E-state index in [4.69, 9.17) is 4.74 Å². The lowest BCUT2D eigenvalue weighted by molar-refractivity contribution is 0.0104. The van der Waals surface area contributed by atoms with E-state index in [-0.39, 0.29) is 12.7 Å². The van der Waals surface area contributed by atoms with Crippen LogP contribution in [-0.4, -0.2) is 19.2 Å². The van der Waals surface area contributed by atoms with E-state index in [1.54, 1.807) is 6.07 Å². The minimum atomic E-state index is -0.810. The Balaban J connectivity index is 1.83. The van der Waals surface area contributed by atoms with Crippen LogP contribution in [0, 0.1) is 11.6 Å². The van der Waals surface area contributed by atoms with Gasteiger partial charge in [-0.25, -0.2) is 8.78 Å². The van der Waals surface area contributed by atoms with Crippen LogP contribution in [0.2, 0.25) is 0 Å². The third kappa shape index (κ3) is 3.27. The van der Waals surface area contributed by atoms with Crippen molar-refractivity contribution in [3.63, 3.8) is 0 Å². The highest BCUT2D eigenvalue weighted by atomic mass is 19.2. The summed E-state index contributed by atoms with van der Waals surface area (Å²) in [6.07, 6.45) is 4.27. The Labute approximate surface area is 106 Å². The van der Waals surface area contributed by atoms with Gasteiger partial charge in [-0.2, -0.15) is 0 Å². The van der Waals surface area contributed by atoms with Gasteiger partial charge < -0.3 is 10.1 Å². The van der Waals surface area contributed by atoms with E-state index >= 15 is 0 Å². The Hall–Kier alpha value is -1.00. The molecule has 4 heteroatoms. The molecule has 1 aliphatic rings. The molecule has 1 saturated carbocycles. The molecule has 100 valence electrons. The van der Waals surface area contributed by atoms with Crippen molar-refractivity contribution in [2.75, 3.05) is 7.05 Å². The highest BCUT2D eigenvalue weighted by molar-refractivity contribution is 5.18. The number of halogens is 2. The van der Waals surface area contributed by atoms with E-state index in [9.17, 15) is 8.78 Å². The average Bonchev–Trinajstić information content (AvgIpc) is 2.41. The SMILES string of the molecule is CNC1CCC(OCc2cccc(F)c2F)CC1. The molecule has 1 N–H and O–H groups in total. The van der Waals surface area contributed by atoms with Gasteiger partial charge in [-0.1, -0.05) is 12.1 Å². The molecule has 0 aromatic heterocycles. The average molecular weight is 255 g/mol. The number of benzene rings is 1. The maximum Gasteiger partial charge on any atom is 0.164 e. The Kier molecular flexibility index (Phi) is 4.66. The van der Waals surface area contributed by atoms with E-state index in [1.807, 2.05) is 7.05 Å². The van der Waals surface area contributed by atoms with E-state index in [0.29, 0.717) is 11.6 Å². The van der Waals surface area contributed by atoms with Crippen LogP contribution < -0.4 is 5.32 Å². The molecule has 2 rings (SSSR count). The van der Waals surface area contributed by atoms with Crippen molar-refractivity contribution in [2.45, 2.75) is 44.4 Å². The second-order valence-electron chi connectivity index (χ2n) is 4.79. The van der Waals surface area contributed by atoms with Crippen molar-refractivity contribution in [3.8, 4) is 0 Å². The Morgan fingerprint density at radius 3 is 2.61 bits per heavy atom. The first kappa shape index (κ1) is 13.4. The summed E-state index contributed by atoms with van der Waals surface area (Å²) in [7, 11) is 1.97. The molecule has 1 fully saturated rings. The van der Waals surface area contributed by atoms with E-state index in [0.717, 1.165) is 31.7 Å². The number of hydrogen-bond donors (Lipinski definition) is 1. The predicted molar refractivity (Wildman–Crippen MR) is 66.3 cm³/mol. The van der Waals surface area contributed by atoms with Gasteiger partial charge in [-0.05, 0) is 38.8 Å². The van der Waals surface area contributed by atoms with Crippen molar-refractivity contribution < 1.29 is 13.5 Å². The zero-order chi connectivity index (χ0) is 13.0. The summed E-state index contributed by atoms with van der Waals surface area (Å²) in [6.45, 7) is 0.151. The maximum absolute atomic E-state index is 13.4. The molecule has 0 bridgehead atoms. The number of nitrogens with one attached hydrogen (secondary N) is 1. The summed E-state index contributed by atoms with van der Waals surface area (Å²) in [5.41, 5.74) is 0.297. The maximum atomic E-state index is 13.4. The van der Waals surface area contributed by atoms with Gasteiger partial charge in [-0.15, -0.1) is 0 Å². The predicted octanol–water partition coefficient (Wildman–Crippen LogP) is 3.01. The molecule has 0 atom stereocenters. The van der Waals surface area contributed by atoms with Crippen LogP contribution >= 0.6 is 0 Å². The van der Waals surface area contributed by atoms with Gasteiger partial charge in [0.2, 0.25) is 0 Å². The third-order valence-electron chi connectivity index (χ3n) is 3.59. The smallest absolute Gasteiger partial charge is 0.164 e. The minimum Gasteiger partial charge on any atom is -0.373 e. The molecule has 0 saturated heterocycles. The van der Waals surface area contributed by atoms with Crippen molar-refractivity contribution >= 4 is 0 Å². The van der Waals surface area contributed by atoms with Crippen LogP contribution in [-0.2, 0) is 11.3 Å². The molecule has 1 aromatic carbocycles. The molecule has 18 heavy (non-hydrogen) atoms. The van der Waals surface area contributed by atoms with E-state index in [1.165, 1.54) is 6.07 Å². The normalized spacial score (nSPS) is 24.2. The van der Waals surface area contributed by atoms with Gasteiger partial charge >= 0.3 is 0 Å². The molecule has 1 aliphatic carbocycles. The fourth-order valence-electron chi connectivity index (χ4n) is 2.39. The molecular weight excluding hydrogens is 236 g/mol. The summed E-state index contributed by atoms with van der Waals surface area (Å²) in [6, 6.07) is 4.76. The number of hydrogen-bond acceptors (Lipinski definition) is 2. The van der Waals surface area contributed by atoms with Crippen LogP contribution in [0.1, 0.15) is 31.2 Å². The standard InChI is InChI=1S/C14H19F2NO/c1-17-11-5-7-12(8-6-11)18-9-10-3-2-4-13(15)14(10)16/h2-4,11-12,17H,5-9H2,1H3. The zero-order valence-electron chi connectivity index (χ0n) is 10.6. The number of ether oxygens (including phenoxy) is 1. The lowest BCUT2D eigenvalue weighted by atomic mass is 9.93. The second kappa shape index (κ2) is 6.25. The first-order chi connectivity index (χ1) is 8.70. The number of rotatable bonds is 4. The highest BCUT2D eigenvalue weighted by Crippen LogP contribution is 2.22. The zero-order valence-corrected chi connectivity index (χ0v) is 10.6. The van der Waals surface area contributed by atoms with E-state index < -0.39 is 11.6 Å². The molecular formula is C14H19F2NO. The lowest BCUT2D eigenvalue weighted by Crippen LogP contribution is -2.32. The molecule has 0 aliphatic heterocycles. The van der Waals surface area contributed by atoms with Crippen molar-refractivity contribution in [1.29, 1.82) is 0 Å². The van der Waals surface area contributed by atoms with Crippen LogP contribution in [0.25, 0.3) is 0 Å². The summed E-state index contributed by atoms with van der Waals surface area (Å²) in [4.78, 5) is 0. The summed E-state index contributed by atoms with van der Waals surface area (Å²) in [5, 5.41) is 3.25. The minimum absolute atomic E-state index is 0.151. The first-order valence-electron chi connectivity index (χ1n) is 6.42. The summed E-state index contributed by atoms with van der Waals surface area (Å²) in [5.74, 6) is -1.60. The van der Waals surface area contributed by atoms with Gasteiger partial charge in [0.25, 0.3) is 0 Å². The molecule has 0 spiro atoms. The summed E-state index contributed by atoms with van der Waals surface area (Å²) < 4.78 is 32.1. The van der Waals surface area contributed by atoms with Crippen molar-refractivity contribution in [3.05, 3.63) is 35.4 Å². The van der Waals surface area contributed by atoms with E-state index in [2.05, 4.69) is 5.32 Å². The summed E-state index contributed by atoms with van der Waals surface area (Å²) >= 11 is 0. The molecule has 0 radical (unpaired) electrons. The molecule has 0 heterocycles. The van der Waals surface area contributed by atoms with Gasteiger partial charge in [0.1, 0.15) is 0 Å². The third-order valence-corrected chi connectivity index (χ3v) is 3.59. The molecule has 1 aromatic rings. The fourth-order valence-corrected chi connectivity index (χ4v) is 2.39. The van der Waals surface area contributed by atoms with Gasteiger partial charge in [-0.3, -0.25) is 0 Å². The molecule has 2 nitrogen and oxygen atoms in total.